The Morgan fingerprint density at radius 3 is 3.00 bits per heavy atom. The first kappa shape index (κ1) is 14.7. The quantitative estimate of drug-likeness (QED) is 0.891. The van der Waals surface area contributed by atoms with Gasteiger partial charge in [0.25, 0.3) is 5.91 Å². The highest BCUT2D eigenvalue weighted by Gasteiger charge is 2.37. The maximum atomic E-state index is 13.9. The van der Waals surface area contributed by atoms with E-state index in [-0.39, 0.29) is 5.82 Å². The van der Waals surface area contributed by atoms with Gasteiger partial charge in [0.1, 0.15) is 11.6 Å². The number of ether oxygens (including phenoxy) is 2. The first-order chi connectivity index (χ1) is 9.46. The molecule has 1 fully saturated rings. The molecule has 20 heavy (non-hydrogen) atoms. The van der Waals surface area contributed by atoms with Crippen molar-refractivity contribution in [2.24, 2.45) is 5.73 Å². The van der Waals surface area contributed by atoms with E-state index in [0.29, 0.717) is 37.6 Å². The summed E-state index contributed by atoms with van der Waals surface area (Å²) in [7, 11) is 1.51. The summed E-state index contributed by atoms with van der Waals surface area (Å²) in [5.74, 6) is -0.336. The maximum absolute atomic E-state index is 13.9. The molecule has 0 spiro atoms. The minimum absolute atomic E-state index is 0.323. The van der Waals surface area contributed by atoms with Crippen LogP contribution < -0.4 is 10.5 Å². The molecule has 1 amide bonds. The smallest absolute Gasteiger partial charge is 0.250 e. The molecule has 1 aromatic rings. The molecule has 1 aliphatic heterocycles. The third-order valence-corrected chi connectivity index (χ3v) is 3.55. The van der Waals surface area contributed by atoms with E-state index in [4.69, 9.17) is 15.2 Å². The van der Waals surface area contributed by atoms with Gasteiger partial charge in [0, 0.05) is 25.2 Å². The third-order valence-electron chi connectivity index (χ3n) is 3.55. The third kappa shape index (κ3) is 2.91. The number of benzene rings is 1. The van der Waals surface area contributed by atoms with Crippen molar-refractivity contribution in [2.45, 2.75) is 19.1 Å². The Labute approximate surface area is 117 Å². The molecule has 1 heterocycles. The molecule has 1 unspecified atom stereocenters. The topological polar surface area (TPSA) is 64.8 Å². The molecule has 110 valence electrons. The molecule has 1 saturated heterocycles. The molecule has 2 rings (SSSR count). The molecule has 0 bridgehead atoms. The van der Waals surface area contributed by atoms with Gasteiger partial charge in [0.05, 0.1) is 13.7 Å². The highest BCUT2D eigenvalue weighted by molar-refractivity contribution is 5.83. The van der Waals surface area contributed by atoms with Gasteiger partial charge in [-0.15, -0.1) is 0 Å². The fraction of sp³-hybridized carbons (Fsp3) is 0.500. The van der Waals surface area contributed by atoms with Crippen LogP contribution in [0.5, 0.6) is 5.75 Å². The van der Waals surface area contributed by atoms with Gasteiger partial charge in [0.15, 0.2) is 5.60 Å². The van der Waals surface area contributed by atoms with E-state index in [1.165, 1.54) is 13.2 Å². The molecule has 1 aliphatic rings. The Hall–Kier alpha value is -1.66. The molecular formula is C14H19FN2O3. The summed E-state index contributed by atoms with van der Waals surface area (Å²) < 4.78 is 24.5. The number of carbonyl (C=O) groups is 1. The van der Waals surface area contributed by atoms with Crippen molar-refractivity contribution in [1.82, 2.24) is 4.90 Å². The number of hydrogen-bond donors (Lipinski definition) is 1. The number of rotatable bonds is 4. The molecule has 0 aromatic heterocycles. The monoisotopic (exact) mass is 282 g/mol. The zero-order chi connectivity index (χ0) is 14.8. The number of primary amides is 1. The molecule has 1 atom stereocenters. The second-order valence-corrected chi connectivity index (χ2v) is 5.07. The van der Waals surface area contributed by atoms with Crippen LogP contribution in [0, 0.1) is 5.82 Å². The fourth-order valence-corrected chi connectivity index (χ4v) is 2.34. The van der Waals surface area contributed by atoms with E-state index in [9.17, 15) is 9.18 Å². The van der Waals surface area contributed by atoms with E-state index in [1.54, 1.807) is 19.1 Å². The van der Waals surface area contributed by atoms with Crippen LogP contribution in [0.2, 0.25) is 0 Å². The van der Waals surface area contributed by atoms with Crippen LogP contribution >= 0.6 is 0 Å². The summed E-state index contributed by atoms with van der Waals surface area (Å²) >= 11 is 0. The molecule has 6 heteroatoms. The number of nitrogens with two attached hydrogens (primary N) is 1. The zero-order valence-corrected chi connectivity index (χ0v) is 11.7. The predicted octanol–water partition coefficient (Wildman–Crippen LogP) is 0.910. The van der Waals surface area contributed by atoms with E-state index in [2.05, 4.69) is 0 Å². The van der Waals surface area contributed by atoms with Crippen molar-refractivity contribution >= 4 is 5.91 Å². The number of amides is 1. The number of carbonyl (C=O) groups excluding carboxylic acids is 1. The van der Waals surface area contributed by atoms with Crippen LogP contribution in [0.1, 0.15) is 12.5 Å². The summed E-state index contributed by atoms with van der Waals surface area (Å²) in [6.45, 7) is 3.33. The summed E-state index contributed by atoms with van der Waals surface area (Å²) in [6.07, 6.45) is 0. The molecule has 2 N–H and O–H groups in total. The Morgan fingerprint density at radius 1 is 1.60 bits per heavy atom. The average Bonchev–Trinajstić information content (AvgIpc) is 2.41. The number of methoxy groups -OCH3 is 1. The highest BCUT2D eigenvalue weighted by atomic mass is 19.1. The van der Waals surface area contributed by atoms with E-state index >= 15 is 0 Å². The second kappa shape index (κ2) is 5.76. The predicted molar refractivity (Wildman–Crippen MR) is 71.8 cm³/mol. The van der Waals surface area contributed by atoms with Gasteiger partial charge in [-0.25, -0.2) is 4.39 Å². The lowest BCUT2D eigenvalue weighted by Crippen LogP contribution is -2.56. The van der Waals surface area contributed by atoms with E-state index in [1.807, 2.05) is 4.90 Å². The summed E-state index contributed by atoms with van der Waals surface area (Å²) in [5.41, 5.74) is 4.80. The SMILES string of the molecule is COc1cccc(F)c1CN1CCOC(C)(C(N)=O)C1. The second-order valence-electron chi connectivity index (χ2n) is 5.07. The molecular weight excluding hydrogens is 263 g/mol. The summed E-state index contributed by atoms with van der Waals surface area (Å²) in [5, 5.41) is 0. The van der Waals surface area contributed by atoms with Crippen molar-refractivity contribution in [3.8, 4) is 5.75 Å². The standard InChI is InChI=1S/C14H19FN2O3/c1-14(13(16)18)9-17(6-7-20-14)8-10-11(15)4-3-5-12(10)19-2/h3-5H,6-9H2,1-2H3,(H2,16,18). The molecule has 5 nitrogen and oxygen atoms in total. The summed E-state index contributed by atoms with van der Waals surface area (Å²) in [6, 6.07) is 4.71. The lowest BCUT2D eigenvalue weighted by atomic mass is 10.0. The van der Waals surface area contributed by atoms with Crippen molar-refractivity contribution in [3.05, 3.63) is 29.6 Å². The van der Waals surface area contributed by atoms with Gasteiger partial charge < -0.3 is 15.2 Å². The Kier molecular flexibility index (Phi) is 4.25. The van der Waals surface area contributed by atoms with Crippen LogP contribution in [-0.4, -0.2) is 43.2 Å². The Morgan fingerprint density at radius 2 is 2.35 bits per heavy atom. The Balaban J connectivity index is 2.16. The molecule has 1 aromatic carbocycles. The first-order valence-electron chi connectivity index (χ1n) is 6.44. The highest BCUT2D eigenvalue weighted by Crippen LogP contribution is 2.25. The fourth-order valence-electron chi connectivity index (χ4n) is 2.34. The van der Waals surface area contributed by atoms with Crippen molar-refractivity contribution in [3.63, 3.8) is 0 Å². The van der Waals surface area contributed by atoms with Crippen molar-refractivity contribution < 1.29 is 18.7 Å². The summed E-state index contributed by atoms with van der Waals surface area (Å²) in [4.78, 5) is 13.4. The number of hydrogen-bond acceptors (Lipinski definition) is 4. The average molecular weight is 282 g/mol. The van der Waals surface area contributed by atoms with Gasteiger partial charge in [-0.1, -0.05) is 6.07 Å². The van der Waals surface area contributed by atoms with Gasteiger partial charge in [-0.05, 0) is 19.1 Å². The first-order valence-corrected chi connectivity index (χ1v) is 6.44. The minimum atomic E-state index is -1.03. The van der Waals surface area contributed by atoms with Gasteiger partial charge in [-0.2, -0.15) is 0 Å². The largest absolute Gasteiger partial charge is 0.496 e. The lowest BCUT2D eigenvalue weighted by Gasteiger charge is -2.38. The zero-order valence-electron chi connectivity index (χ0n) is 11.7. The van der Waals surface area contributed by atoms with Crippen LogP contribution in [-0.2, 0) is 16.1 Å². The molecule has 0 radical (unpaired) electrons. The van der Waals surface area contributed by atoms with Crippen LogP contribution in [0.4, 0.5) is 4.39 Å². The van der Waals surface area contributed by atoms with Crippen LogP contribution in [0.15, 0.2) is 18.2 Å². The number of halogens is 1. The molecule has 0 saturated carbocycles. The van der Waals surface area contributed by atoms with Crippen molar-refractivity contribution in [1.29, 1.82) is 0 Å². The van der Waals surface area contributed by atoms with Gasteiger partial charge in [-0.3, -0.25) is 9.69 Å². The normalized spacial score (nSPS) is 23.6. The Bertz CT molecular complexity index is 509. The van der Waals surface area contributed by atoms with Crippen molar-refractivity contribution in [2.75, 3.05) is 26.8 Å². The number of nitrogens with zero attached hydrogens (tertiary/aromatic N) is 1. The molecule has 0 aliphatic carbocycles. The van der Waals surface area contributed by atoms with E-state index < -0.39 is 11.5 Å². The van der Waals surface area contributed by atoms with Gasteiger partial charge in [0.2, 0.25) is 0 Å². The number of morpholine rings is 1. The minimum Gasteiger partial charge on any atom is -0.496 e. The van der Waals surface area contributed by atoms with Crippen LogP contribution in [0.25, 0.3) is 0 Å². The van der Waals surface area contributed by atoms with Gasteiger partial charge >= 0.3 is 0 Å². The lowest BCUT2D eigenvalue weighted by molar-refractivity contribution is -0.153. The van der Waals surface area contributed by atoms with Crippen LogP contribution in [0.3, 0.4) is 0 Å². The maximum Gasteiger partial charge on any atom is 0.250 e. The van der Waals surface area contributed by atoms with E-state index in [0.717, 1.165) is 0 Å².